The predicted octanol–water partition coefficient (Wildman–Crippen LogP) is 3.40. The first-order valence-electron chi connectivity index (χ1n) is 7.75. The number of nitrogens with one attached hydrogen (secondary N) is 1. The lowest BCUT2D eigenvalue weighted by Gasteiger charge is -2.04. The highest BCUT2D eigenvalue weighted by Gasteiger charge is 2.25. The lowest BCUT2D eigenvalue weighted by atomic mass is 10.0. The van der Waals surface area contributed by atoms with Crippen molar-refractivity contribution in [2.45, 2.75) is 6.42 Å². The normalized spacial score (nSPS) is 10.6. The highest BCUT2D eigenvalue weighted by atomic mass is 19.2. The van der Waals surface area contributed by atoms with Crippen LogP contribution in [-0.4, -0.2) is 23.9 Å². The minimum Gasteiger partial charge on any atom is -0.359 e. The van der Waals surface area contributed by atoms with Crippen LogP contribution in [0.25, 0.3) is 11.3 Å². The summed E-state index contributed by atoms with van der Waals surface area (Å²) in [4.78, 5) is 24.7. The van der Waals surface area contributed by atoms with Gasteiger partial charge in [0.1, 0.15) is 11.3 Å². The summed E-state index contributed by atoms with van der Waals surface area (Å²) in [7, 11) is 1.45. The van der Waals surface area contributed by atoms with Crippen LogP contribution < -0.4 is 5.32 Å². The molecule has 0 saturated heterocycles. The first-order valence-corrected chi connectivity index (χ1v) is 7.75. The topological polar surface area (TPSA) is 72.2 Å². The number of hydrogen-bond donors (Lipinski definition) is 1. The summed E-state index contributed by atoms with van der Waals surface area (Å²) in [6, 6.07) is 11.7. The zero-order valence-electron chi connectivity index (χ0n) is 13.8. The third kappa shape index (κ3) is 3.37. The number of aromatic nitrogens is 1. The fraction of sp³-hybridized carbons (Fsp3) is 0.105. The van der Waals surface area contributed by atoms with E-state index in [-0.39, 0.29) is 23.3 Å². The minimum atomic E-state index is -1.12. The molecular weight excluding hydrogens is 342 g/mol. The fourth-order valence-corrected chi connectivity index (χ4v) is 2.51. The van der Waals surface area contributed by atoms with Gasteiger partial charge in [-0.25, -0.2) is 8.78 Å². The zero-order valence-corrected chi connectivity index (χ0v) is 13.8. The predicted molar refractivity (Wildman–Crippen MR) is 89.7 cm³/mol. The van der Waals surface area contributed by atoms with Gasteiger partial charge in [0.2, 0.25) is 0 Å². The molecular formula is C19H14F2N2O3. The quantitative estimate of drug-likeness (QED) is 0.711. The smallest absolute Gasteiger partial charge is 0.256 e. The Morgan fingerprint density at radius 2 is 1.81 bits per heavy atom. The number of ketones is 1. The second-order valence-corrected chi connectivity index (χ2v) is 5.50. The van der Waals surface area contributed by atoms with Gasteiger partial charge in [0.25, 0.3) is 5.91 Å². The van der Waals surface area contributed by atoms with Crippen molar-refractivity contribution in [1.29, 1.82) is 0 Å². The van der Waals surface area contributed by atoms with Crippen molar-refractivity contribution in [3.63, 3.8) is 0 Å². The number of nitrogens with zero attached hydrogens (tertiary/aromatic N) is 1. The second kappa shape index (κ2) is 7.26. The van der Waals surface area contributed by atoms with Gasteiger partial charge in [0.05, 0.1) is 6.42 Å². The first-order chi connectivity index (χ1) is 12.5. The molecule has 0 atom stereocenters. The van der Waals surface area contributed by atoms with Crippen LogP contribution in [0.4, 0.5) is 8.78 Å². The molecule has 0 radical (unpaired) electrons. The summed E-state index contributed by atoms with van der Waals surface area (Å²) < 4.78 is 31.6. The Morgan fingerprint density at radius 3 is 2.46 bits per heavy atom. The molecule has 1 heterocycles. The number of halogens is 2. The van der Waals surface area contributed by atoms with Gasteiger partial charge in [-0.05, 0) is 18.2 Å². The number of rotatable bonds is 5. The van der Waals surface area contributed by atoms with Crippen molar-refractivity contribution in [3.05, 3.63) is 77.1 Å². The van der Waals surface area contributed by atoms with E-state index in [1.54, 1.807) is 24.3 Å². The lowest BCUT2D eigenvalue weighted by molar-refractivity contribution is 0.0960. The summed E-state index contributed by atoms with van der Waals surface area (Å²) in [5.74, 6) is -3.09. The average Bonchev–Trinajstić information content (AvgIpc) is 3.07. The second-order valence-electron chi connectivity index (χ2n) is 5.50. The van der Waals surface area contributed by atoms with Gasteiger partial charge in [0, 0.05) is 18.2 Å². The molecule has 3 rings (SSSR count). The SMILES string of the molecule is CNC(=O)c1c(-c2ccccc2)noc1CC(=O)c1ccc(F)c(F)c1. The van der Waals surface area contributed by atoms with Crippen molar-refractivity contribution in [1.82, 2.24) is 10.5 Å². The van der Waals surface area contributed by atoms with Gasteiger partial charge in [-0.3, -0.25) is 9.59 Å². The summed E-state index contributed by atoms with van der Waals surface area (Å²) in [6.45, 7) is 0. The molecule has 1 aromatic heterocycles. The zero-order chi connectivity index (χ0) is 18.7. The summed E-state index contributed by atoms with van der Waals surface area (Å²) in [6.07, 6.45) is -0.312. The molecule has 1 amide bonds. The summed E-state index contributed by atoms with van der Waals surface area (Å²) in [5.41, 5.74) is 1.07. The number of benzene rings is 2. The highest BCUT2D eigenvalue weighted by molar-refractivity contribution is 6.03. The summed E-state index contributed by atoms with van der Waals surface area (Å²) in [5, 5.41) is 6.40. The molecule has 2 aromatic carbocycles. The molecule has 0 aliphatic carbocycles. The molecule has 0 fully saturated rings. The van der Waals surface area contributed by atoms with Crippen LogP contribution in [0.3, 0.4) is 0 Å². The Balaban J connectivity index is 1.97. The molecule has 0 saturated carbocycles. The molecule has 0 bridgehead atoms. The number of carbonyl (C=O) groups excluding carboxylic acids is 2. The van der Waals surface area contributed by atoms with Gasteiger partial charge in [-0.2, -0.15) is 0 Å². The van der Waals surface area contributed by atoms with Crippen molar-refractivity contribution in [3.8, 4) is 11.3 Å². The Labute approximate surface area is 147 Å². The number of Topliss-reactive ketones (excluding diaryl/α,β-unsaturated/α-hetero) is 1. The van der Waals surface area contributed by atoms with Crippen molar-refractivity contribution >= 4 is 11.7 Å². The molecule has 1 N–H and O–H groups in total. The first kappa shape index (κ1) is 17.5. The molecule has 5 nitrogen and oxygen atoms in total. The maximum atomic E-state index is 13.3. The van der Waals surface area contributed by atoms with Crippen LogP contribution in [0.5, 0.6) is 0 Å². The van der Waals surface area contributed by atoms with Gasteiger partial charge < -0.3 is 9.84 Å². The largest absolute Gasteiger partial charge is 0.359 e. The Hall–Kier alpha value is -3.35. The van der Waals surface area contributed by atoms with Crippen LogP contribution in [0.15, 0.2) is 53.1 Å². The summed E-state index contributed by atoms with van der Waals surface area (Å²) >= 11 is 0. The van der Waals surface area contributed by atoms with Crippen LogP contribution in [-0.2, 0) is 6.42 Å². The third-order valence-corrected chi connectivity index (χ3v) is 3.83. The van der Waals surface area contributed by atoms with Gasteiger partial charge >= 0.3 is 0 Å². The molecule has 0 aliphatic rings. The Kier molecular flexibility index (Phi) is 4.88. The fourth-order valence-electron chi connectivity index (χ4n) is 2.51. The standard InChI is InChI=1S/C19H14F2N2O3/c1-22-19(25)17-16(26-23-18(17)11-5-3-2-4-6-11)10-15(24)12-7-8-13(20)14(21)9-12/h2-9H,10H2,1H3,(H,22,25). The molecule has 0 unspecified atom stereocenters. The van der Waals surface area contributed by atoms with E-state index in [4.69, 9.17) is 4.52 Å². The van der Waals surface area contributed by atoms with E-state index < -0.39 is 23.3 Å². The van der Waals surface area contributed by atoms with Crippen LogP contribution in [0.1, 0.15) is 26.5 Å². The molecule has 132 valence electrons. The van der Waals surface area contributed by atoms with E-state index in [0.717, 1.165) is 12.1 Å². The van der Waals surface area contributed by atoms with E-state index >= 15 is 0 Å². The lowest BCUT2D eigenvalue weighted by Crippen LogP contribution is -2.20. The van der Waals surface area contributed by atoms with Gasteiger partial charge in [-0.1, -0.05) is 35.5 Å². The molecule has 26 heavy (non-hydrogen) atoms. The molecule has 0 aliphatic heterocycles. The van der Waals surface area contributed by atoms with Crippen LogP contribution in [0, 0.1) is 11.6 Å². The molecule has 3 aromatic rings. The molecule has 0 spiro atoms. The van der Waals surface area contributed by atoms with E-state index in [9.17, 15) is 18.4 Å². The number of amides is 1. The van der Waals surface area contributed by atoms with Crippen molar-refractivity contribution in [2.75, 3.05) is 7.05 Å². The van der Waals surface area contributed by atoms with E-state index in [1.165, 1.54) is 13.1 Å². The monoisotopic (exact) mass is 356 g/mol. The third-order valence-electron chi connectivity index (χ3n) is 3.83. The van der Waals surface area contributed by atoms with E-state index in [1.807, 2.05) is 6.07 Å². The Bertz CT molecular complexity index is 968. The average molecular weight is 356 g/mol. The van der Waals surface area contributed by atoms with Crippen molar-refractivity contribution < 1.29 is 22.9 Å². The number of hydrogen-bond acceptors (Lipinski definition) is 4. The maximum Gasteiger partial charge on any atom is 0.256 e. The minimum absolute atomic E-state index is 0.0237. The van der Waals surface area contributed by atoms with E-state index in [2.05, 4.69) is 10.5 Å². The maximum absolute atomic E-state index is 13.3. The van der Waals surface area contributed by atoms with Crippen LogP contribution >= 0.6 is 0 Å². The van der Waals surface area contributed by atoms with Crippen LogP contribution in [0.2, 0.25) is 0 Å². The van der Waals surface area contributed by atoms with Crippen molar-refractivity contribution in [2.24, 2.45) is 0 Å². The van der Waals surface area contributed by atoms with Gasteiger partial charge in [-0.15, -0.1) is 0 Å². The Morgan fingerprint density at radius 1 is 1.08 bits per heavy atom. The number of carbonyl (C=O) groups is 2. The van der Waals surface area contributed by atoms with Gasteiger partial charge in [0.15, 0.2) is 23.2 Å². The molecule has 7 heteroatoms. The van der Waals surface area contributed by atoms with E-state index in [0.29, 0.717) is 11.3 Å². The highest BCUT2D eigenvalue weighted by Crippen LogP contribution is 2.26.